The van der Waals surface area contributed by atoms with E-state index in [-0.39, 0.29) is 36.1 Å². The smallest absolute Gasteiger partial charge is 0.425 e. The molecule has 2 amide bonds. The van der Waals surface area contributed by atoms with Gasteiger partial charge in [0.05, 0.1) is 5.52 Å². The monoisotopic (exact) mass is 664 g/mol. The molecule has 0 aliphatic carbocycles. The molecule has 0 saturated carbocycles. The molecule has 0 fully saturated rings. The Kier molecular flexibility index (Phi) is 8.67. The van der Waals surface area contributed by atoms with Gasteiger partial charge in [0.2, 0.25) is 0 Å². The highest BCUT2D eigenvalue weighted by atomic mass is 127. The van der Waals surface area contributed by atoms with Crippen molar-refractivity contribution in [3.63, 3.8) is 0 Å². The number of ether oxygens (including phenoxy) is 1. The Bertz CT molecular complexity index is 1680. The normalized spacial score (nSPS) is 11.6. The molecule has 40 heavy (non-hydrogen) atoms. The number of aryl methyl sites for hydroxylation is 1. The number of halogens is 3. The number of nitrogens with zero attached hydrogens (tertiary/aromatic N) is 3. The van der Waals surface area contributed by atoms with E-state index in [1.165, 1.54) is 41.1 Å². The summed E-state index contributed by atoms with van der Waals surface area (Å²) in [5.41, 5.74) is 7.46. The highest BCUT2D eigenvalue weighted by molar-refractivity contribution is 14.2. The van der Waals surface area contributed by atoms with Crippen molar-refractivity contribution in [2.75, 3.05) is 0 Å². The lowest BCUT2D eigenvalue weighted by molar-refractivity contribution is -0.0693. The Morgan fingerprint density at radius 1 is 1.10 bits per heavy atom. The minimum absolute atomic E-state index is 0.0202. The van der Waals surface area contributed by atoms with Crippen LogP contribution < -0.4 is 26.9 Å². The number of amides is 2. The number of rotatable bonds is 10. The van der Waals surface area contributed by atoms with Crippen molar-refractivity contribution in [1.29, 1.82) is 0 Å². The van der Waals surface area contributed by atoms with E-state index < -0.39 is 42.4 Å². The topological polar surface area (TPSA) is 154 Å². The highest BCUT2D eigenvalue weighted by Gasteiger charge is 2.27. The van der Waals surface area contributed by atoms with Crippen LogP contribution in [0.1, 0.15) is 37.9 Å². The van der Waals surface area contributed by atoms with E-state index in [2.05, 4.69) is 29.9 Å². The molecular weight excluding hydrogens is 641 g/mol. The second kappa shape index (κ2) is 12.1. The first-order valence-electron chi connectivity index (χ1n) is 11.6. The van der Waals surface area contributed by atoms with Gasteiger partial charge < -0.3 is 25.5 Å². The molecule has 0 atom stereocenters. The number of carbonyl (C=O) groups excluding carboxylic acids is 2. The van der Waals surface area contributed by atoms with Crippen LogP contribution in [-0.2, 0) is 20.1 Å². The van der Waals surface area contributed by atoms with Gasteiger partial charge in [-0.3, -0.25) is 14.2 Å². The van der Waals surface area contributed by atoms with Crippen molar-refractivity contribution in [2.24, 2.45) is 12.8 Å². The first kappa shape index (κ1) is 28.5. The predicted octanol–water partition coefficient (Wildman–Crippen LogP) is 3.04. The zero-order chi connectivity index (χ0) is 28.9. The second-order valence-electron chi connectivity index (χ2n) is 8.28. The third kappa shape index (κ3) is 6.93. The molecule has 14 heteroatoms. The van der Waals surface area contributed by atoms with Gasteiger partial charge in [-0.1, -0.05) is 22.7 Å². The number of nitrogens with two attached hydrogens (primary N) is 1. The Morgan fingerprint density at radius 2 is 1.75 bits per heavy atom. The Morgan fingerprint density at radius 3 is 2.38 bits per heavy atom. The lowest BCUT2D eigenvalue weighted by Crippen LogP contribution is -2.27. The number of hydrogen-bond acceptors (Lipinski definition) is 8. The van der Waals surface area contributed by atoms with Gasteiger partial charge in [0, 0.05) is 46.9 Å². The molecule has 0 saturated heterocycles. The van der Waals surface area contributed by atoms with E-state index in [1.807, 2.05) is 0 Å². The van der Waals surface area contributed by atoms with Crippen molar-refractivity contribution >= 4 is 54.2 Å². The minimum Gasteiger partial charge on any atom is -0.425 e. The molecular formula is C26H23F2IN6O5. The summed E-state index contributed by atoms with van der Waals surface area (Å²) in [5, 5.41) is 5.35. The van der Waals surface area contributed by atoms with Crippen molar-refractivity contribution in [3.8, 4) is 5.75 Å². The average Bonchev–Trinajstić information content (AvgIpc) is 3.22. The van der Waals surface area contributed by atoms with Crippen molar-refractivity contribution < 1.29 is 27.5 Å². The number of hydrogen-bond donors (Lipinski definition) is 3. The third-order valence-electron chi connectivity index (χ3n) is 5.50. The van der Waals surface area contributed by atoms with Crippen LogP contribution in [0.15, 0.2) is 63.9 Å². The Labute approximate surface area is 235 Å². The Hall–Kier alpha value is -4.47. The van der Waals surface area contributed by atoms with Crippen molar-refractivity contribution in [2.45, 2.75) is 17.2 Å². The van der Waals surface area contributed by atoms with Gasteiger partial charge in [-0.2, -0.15) is 8.78 Å². The van der Waals surface area contributed by atoms with E-state index in [4.69, 9.17) is 10.2 Å². The molecule has 2 aromatic heterocycles. The maximum atomic E-state index is 13.6. The standard InChI is InChI=1S/C26H23F2IN6O5/c1-29-26(27,28)40-17-5-3-4-15(10-17)13-31-23(36)18-12-19(34-22(33-18)8-9-30)24(37)32-14-16-6-7-21-20(11-16)35(2)25(38)39-21/h3-12H,1,13-14,30H2,2H3,(H,31,36)(H,32,37). The molecule has 0 unspecified atom stereocenters. The molecule has 4 aromatic rings. The fraction of sp³-hybridized carbons (Fsp3) is 0.154. The molecule has 4 N–H and O–H groups in total. The maximum Gasteiger partial charge on any atom is 0.445 e. The summed E-state index contributed by atoms with van der Waals surface area (Å²) in [5.74, 6) is -1.73. The summed E-state index contributed by atoms with van der Waals surface area (Å²) in [6, 6.07) is 12.2. The van der Waals surface area contributed by atoms with Crippen LogP contribution in [0.4, 0.5) is 8.78 Å². The van der Waals surface area contributed by atoms with Crippen LogP contribution in [-0.4, -0.2) is 35.0 Å². The number of oxazole rings is 1. The van der Waals surface area contributed by atoms with Crippen LogP contribution in [0.5, 0.6) is 5.75 Å². The molecule has 0 bridgehead atoms. The molecule has 208 valence electrons. The van der Waals surface area contributed by atoms with Crippen LogP contribution in [0, 0.1) is 0 Å². The second-order valence-corrected chi connectivity index (χ2v) is 10.3. The minimum atomic E-state index is -3.31. The van der Waals surface area contributed by atoms with Gasteiger partial charge in [0.1, 0.15) is 17.1 Å². The average molecular weight is 664 g/mol. The van der Waals surface area contributed by atoms with E-state index in [0.717, 1.165) is 0 Å². The summed E-state index contributed by atoms with van der Waals surface area (Å²) >= 11 is -1.72. The number of nitrogens with one attached hydrogen (secondary N) is 2. The number of alkyl halides is 3. The first-order valence-corrected chi connectivity index (χ1v) is 14.2. The van der Waals surface area contributed by atoms with E-state index >= 15 is 0 Å². The van der Waals surface area contributed by atoms with Gasteiger partial charge in [-0.15, -0.1) is 0 Å². The molecule has 0 aliphatic heterocycles. The molecule has 0 aliphatic rings. The van der Waals surface area contributed by atoms with Gasteiger partial charge >= 0.3 is 9.87 Å². The highest BCUT2D eigenvalue weighted by Crippen LogP contribution is 2.31. The predicted molar refractivity (Wildman–Crippen MR) is 152 cm³/mol. The summed E-state index contributed by atoms with van der Waals surface area (Å²) in [4.78, 5) is 45.7. The maximum absolute atomic E-state index is 13.6. The quantitative estimate of drug-likeness (QED) is 0.173. The van der Waals surface area contributed by atoms with E-state index in [0.29, 0.717) is 22.2 Å². The van der Waals surface area contributed by atoms with Crippen LogP contribution in [0.25, 0.3) is 17.2 Å². The van der Waals surface area contributed by atoms with Crippen LogP contribution in [0.3, 0.4) is 0 Å². The summed E-state index contributed by atoms with van der Waals surface area (Å²) in [7, 11) is 1.57. The van der Waals surface area contributed by atoms with Crippen molar-refractivity contribution in [3.05, 3.63) is 93.6 Å². The summed E-state index contributed by atoms with van der Waals surface area (Å²) in [6.45, 7) is 0.0862. The molecule has 4 rings (SSSR count). The third-order valence-corrected chi connectivity index (χ3v) is 6.61. The zero-order valence-electron chi connectivity index (χ0n) is 21.0. The van der Waals surface area contributed by atoms with Gasteiger partial charge in [-0.05, 0) is 47.7 Å². The SMILES string of the molecule is C=IC(F)(F)Oc1cccc(CNC(=O)c2cc(C(=O)NCc3ccc4oc(=O)n(C)c4c3)nc(C=CN)n2)c1. The molecule has 0 spiro atoms. The molecule has 2 heterocycles. The molecule has 0 radical (unpaired) electrons. The molecule has 2 aromatic carbocycles. The fourth-order valence-corrected chi connectivity index (χ4v) is 3.98. The number of carbonyl (C=O) groups is 2. The van der Waals surface area contributed by atoms with E-state index in [1.54, 1.807) is 31.3 Å². The van der Waals surface area contributed by atoms with Crippen LogP contribution in [0.2, 0.25) is 0 Å². The Balaban J connectivity index is 1.46. The summed E-state index contributed by atoms with van der Waals surface area (Å²) < 4.78 is 38.2. The van der Waals surface area contributed by atoms with Crippen LogP contribution >= 0.6 is 20.7 Å². The van der Waals surface area contributed by atoms with Gasteiger partial charge in [0.25, 0.3) is 11.8 Å². The summed E-state index contributed by atoms with van der Waals surface area (Å²) in [6.07, 6.45) is 2.49. The number of aromatic nitrogens is 3. The van der Waals surface area contributed by atoms with Gasteiger partial charge in [0.15, 0.2) is 11.4 Å². The first-order chi connectivity index (χ1) is 19.1. The lowest BCUT2D eigenvalue weighted by Gasteiger charge is -2.14. The lowest BCUT2D eigenvalue weighted by atomic mass is 10.2. The van der Waals surface area contributed by atoms with Crippen molar-refractivity contribution in [1.82, 2.24) is 25.2 Å². The molecule has 11 nitrogen and oxygen atoms in total. The number of benzene rings is 2. The fourth-order valence-electron chi connectivity index (χ4n) is 3.57. The van der Waals surface area contributed by atoms with E-state index in [9.17, 15) is 23.2 Å². The zero-order valence-corrected chi connectivity index (χ0v) is 23.1. The van der Waals surface area contributed by atoms with Gasteiger partial charge in [-0.25, -0.2) is 14.8 Å². The largest absolute Gasteiger partial charge is 0.445 e. The number of fused-ring (bicyclic) bond motifs is 1.